The number of sulfonamides is 1. The third-order valence-corrected chi connectivity index (χ3v) is 4.33. The SMILES string of the molecule is COc1ccc(S(N)(=O)=O)cc1NCC1CCOCC1. The first-order valence-corrected chi connectivity index (χ1v) is 8.08. The minimum atomic E-state index is -3.71. The van der Waals surface area contributed by atoms with Crippen LogP contribution in [0.25, 0.3) is 0 Å². The number of methoxy groups -OCH3 is 1. The van der Waals surface area contributed by atoms with Gasteiger partial charge in [0, 0.05) is 19.8 Å². The van der Waals surface area contributed by atoms with E-state index in [9.17, 15) is 8.42 Å². The third kappa shape index (κ3) is 3.84. The van der Waals surface area contributed by atoms with Crippen molar-refractivity contribution in [1.82, 2.24) is 0 Å². The van der Waals surface area contributed by atoms with Crippen LogP contribution in [0.4, 0.5) is 5.69 Å². The molecule has 1 aliphatic rings. The van der Waals surface area contributed by atoms with Gasteiger partial charge in [-0.3, -0.25) is 0 Å². The molecule has 6 nitrogen and oxygen atoms in total. The van der Waals surface area contributed by atoms with Crippen molar-refractivity contribution in [3.8, 4) is 5.75 Å². The summed E-state index contributed by atoms with van der Waals surface area (Å²) in [5.74, 6) is 1.12. The van der Waals surface area contributed by atoms with Gasteiger partial charge in [0.25, 0.3) is 0 Å². The molecule has 0 atom stereocenters. The predicted octanol–water partition coefficient (Wildman–Crippen LogP) is 1.18. The molecular weight excluding hydrogens is 280 g/mol. The van der Waals surface area contributed by atoms with Crippen LogP contribution in [0.15, 0.2) is 23.1 Å². The van der Waals surface area contributed by atoms with Crippen LogP contribution in [-0.2, 0) is 14.8 Å². The van der Waals surface area contributed by atoms with E-state index in [1.807, 2.05) is 0 Å². The van der Waals surface area contributed by atoms with Gasteiger partial charge >= 0.3 is 0 Å². The second-order valence-corrected chi connectivity index (χ2v) is 6.41. The number of anilines is 1. The number of rotatable bonds is 5. The number of hydrogen-bond donors (Lipinski definition) is 2. The van der Waals surface area contributed by atoms with Crippen LogP contribution in [-0.4, -0.2) is 35.3 Å². The smallest absolute Gasteiger partial charge is 0.238 e. The highest BCUT2D eigenvalue weighted by atomic mass is 32.2. The molecule has 7 heteroatoms. The Labute approximate surface area is 119 Å². The number of primary sulfonamides is 1. The maximum atomic E-state index is 11.4. The standard InChI is InChI=1S/C13H20N2O4S/c1-18-13-3-2-11(20(14,16)17)8-12(13)15-9-10-4-6-19-7-5-10/h2-3,8,10,15H,4-7,9H2,1H3,(H2,14,16,17). The number of ether oxygens (including phenoxy) is 2. The first-order valence-electron chi connectivity index (χ1n) is 6.53. The molecule has 0 saturated carbocycles. The molecular formula is C13H20N2O4S. The van der Waals surface area contributed by atoms with Gasteiger partial charge in [-0.05, 0) is 37.0 Å². The van der Waals surface area contributed by atoms with Crippen LogP contribution < -0.4 is 15.2 Å². The Hall–Kier alpha value is -1.31. The van der Waals surface area contributed by atoms with Crippen molar-refractivity contribution in [3.63, 3.8) is 0 Å². The fraction of sp³-hybridized carbons (Fsp3) is 0.538. The molecule has 0 aliphatic carbocycles. The Bertz CT molecular complexity index is 553. The molecule has 3 N–H and O–H groups in total. The van der Waals surface area contributed by atoms with E-state index in [2.05, 4.69) is 5.32 Å². The monoisotopic (exact) mass is 300 g/mol. The van der Waals surface area contributed by atoms with Gasteiger partial charge in [-0.15, -0.1) is 0 Å². The molecule has 0 aromatic heterocycles. The fourth-order valence-corrected chi connectivity index (χ4v) is 2.75. The second kappa shape index (κ2) is 6.43. The third-order valence-electron chi connectivity index (χ3n) is 3.42. The van der Waals surface area contributed by atoms with Crippen molar-refractivity contribution in [3.05, 3.63) is 18.2 Å². The minimum Gasteiger partial charge on any atom is -0.495 e. The van der Waals surface area contributed by atoms with Gasteiger partial charge in [0.2, 0.25) is 10.0 Å². The molecule has 112 valence electrons. The van der Waals surface area contributed by atoms with Crippen molar-refractivity contribution in [1.29, 1.82) is 0 Å². The zero-order valence-corrected chi connectivity index (χ0v) is 12.3. The molecule has 0 bridgehead atoms. The lowest BCUT2D eigenvalue weighted by Gasteiger charge is -2.23. The number of nitrogens with two attached hydrogens (primary N) is 1. The van der Waals surface area contributed by atoms with Crippen LogP contribution in [0.1, 0.15) is 12.8 Å². The number of nitrogens with one attached hydrogen (secondary N) is 1. The van der Waals surface area contributed by atoms with E-state index in [1.54, 1.807) is 13.2 Å². The molecule has 1 aliphatic heterocycles. The van der Waals surface area contributed by atoms with Crippen LogP contribution >= 0.6 is 0 Å². The molecule has 0 spiro atoms. The molecule has 20 heavy (non-hydrogen) atoms. The Morgan fingerprint density at radius 3 is 2.70 bits per heavy atom. The van der Waals surface area contributed by atoms with Crippen molar-refractivity contribution in [2.45, 2.75) is 17.7 Å². The molecule has 0 radical (unpaired) electrons. The highest BCUT2D eigenvalue weighted by molar-refractivity contribution is 7.89. The quantitative estimate of drug-likeness (QED) is 0.852. The highest BCUT2D eigenvalue weighted by Crippen LogP contribution is 2.28. The fourth-order valence-electron chi connectivity index (χ4n) is 2.21. The molecule has 1 heterocycles. The average molecular weight is 300 g/mol. The molecule has 0 unspecified atom stereocenters. The Morgan fingerprint density at radius 1 is 1.40 bits per heavy atom. The zero-order valence-electron chi connectivity index (χ0n) is 11.5. The molecule has 2 rings (SSSR count). The molecule has 0 amide bonds. The van der Waals surface area contributed by atoms with E-state index < -0.39 is 10.0 Å². The van der Waals surface area contributed by atoms with Crippen LogP contribution in [0, 0.1) is 5.92 Å². The van der Waals surface area contributed by atoms with E-state index in [0.717, 1.165) is 32.6 Å². The highest BCUT2D eigenvalue weighted by Gasteiger charge is 2.16. The number of benzene rings is 1. The molecule has 1 aromatic carbocycles. The van der Waals surface area contributed by atoms with Gasteiger partial charge < -0.3 is 14.8 Å². The Balaban J connectivity index is 2.11. The van der Waals surface area contributed by atoms with Gasteiger partial charge in [0.15, 0.2) is 0 Å². The van der Waals surface area contributed by atoms with Gasteiger partial charge in [0.05, 0.1) is 17.7 Å². The van der Waals surface area contributed by atoms with E-state index in [1.165, 1.54) is 12.1 Å². The maximum Gasteiger partial charge on any atom is 0.238 e. The number of hydrogen-bond acceptors (Lipinski definition) is 5. The van der Waals surface area contributed by atoms with Gasteiger partial charge in [0.1, 0.15) is 5.75 Å². The summed E-state index contributed by atoms with van der Waals surface area (Å²) in [5.41, 5.74) is 0.644. The molecule has 1 saturated heterocycles. The first kappa shape index (κ1) is 15.1. The first-order chi connectivity index (χ1) is 9.50. The van der Waals surface area contributed by atoms with Crippen LogP contribution in [0.3, 0.4) is 0 Å². The van der Waals surface area contributed by atoms with Crippen molar-refractivity contribution in [2.24, 2.45) is 11.1 Å². The van der Waals surface area contributed by atoms with E-state index >= 15 is 0 Å². The van der Waals surface area contributed by atoms with Gasteiger partial charge in [-0.2, -0.15) is 0 Å². The summed E-state index contributed by atoms with van der Waals surface area (Å²) in [6, 6.07) is 4.55. The zero-order chi connectivity index (χ0) is 14.6. The van der Waals surface area contributed by atoms with Gasteiger partial charge in [-0.1, -0.05) is 0 Å². The van der Waals surface area contributed by atoms with Crippen molar-refractivity contribution < 1.29 is 17.9 Å². The minimum absolute atomic E-state index is 0.0766. The molecule has 1 fully saturated rings. The van der Waals surface area contributed by atoms with Crippen LogP contribution in [0.2, 0.25) is 0 Å². The normalized spacial score (nSPS) is 16.9. The summed E-state index contributed by atoms with van der Waals surface area (Å²) < 4.78 is 33.3. The topological polar surface area (TPSA) is 90.7 Å². The summed E-state index contributed by atoms with van der Waals surface area (Å²) in [7, 11) is -2.16. The molecule has 1 aromatic rings. The second-order valence-electron chi connectivity index (χ2n) is 4.84. The summed E-state index contributed by atoms with van der Waals surface area (Å²) >= 11 is 0. The summed E-state index contributed by atoms with van der Waals surface area (Å²) in [6.45, 7) is 2.31. The lowest BCUT2D eigenvalue weighted by molar-refractivity contribution is 0.0699. The average Bonchev–Trinajstić information content (AvgIpc) is 2.45. The largest absolute Gasteiger partial charge is 0.495 e. The lowest BCUT2D eigenvalue weighted by atomic mass is 10.0. The predicted molar refractivity (Wildman–Crippen MR) is 76.4 cm³/mol. The van der Waals surface area contributed by atoms with Crippen LogP contribution in [0.5, 0.6) is 5.75 Å². The van der Waals surface area contributed by atoms with Crippen molar-refractivity contribution >= 4 is 15.7 Å². The lowest BCUT2D eigenvalue weighted by Crippen LogP contribution is -2.23. The van der Waals surface area contributed by atoms with E-state index in [4.69, 9.17) is 14.6 Å². The Morgan fingerprint density at radius 2 is 2.10 bits per heavy atom. The maximum absolute atomic E-state index is 11.4. The summed E-state index contributed by atoms with van der Waals surface area (Å²) in [6.07, 6.45) is 2.01. The summed E-state index contributed by atoms with van der Waals surface area (Å²) in [4.78, 5) is 0.0766. The van der Waals surface area contributed by atoms with Crippen molar-refractivity contribution in [2.75, 3.05) is 32.2 Å². The van der Waals surface area contributed by atoms with E-state index in [-0.39, 0.29) is 4.90 Å². The Kier molecular flexibility index (Phi) is 4.85. The van der Waals surface area contributed by atoms with Gasteiger partial charge in [-0.25, -0.2) is 13.6 Å². The van der Waals surface area contributed by atoms with E-state index in [0.29, 0.717) is 17.4 Å². The summed E-state index contributed by atoms with van der Waals surface area (Å²) in [5, 5.41) is 8.39.